The first-order chi connectivity index (χ1) is 8.10. The fourth-order valence-corrected chi connectivity index (χ4v) is 2.92. The van der Waals surface area contributed by atoms with Gasteiger partial charge in [0.25, 0.3) is 0 Å². The summed E-state index contributed by atoms with van der Waals surface area (Å²) in [5, 5.41) is 4.29. The monoisotopic (exact) mass is 253 g/mol. The number of ether oxygens (including phenoxy) is 1. The van der Waals surface area contributed by atoms with E-state index >= 15 is 0 Å². The number of rotatable bonds is 3. The fraction of sp³-hybridized carbons (Fsp3) is 0.571. The molecule has 1 aromatic rings. The Hall–Kier alpha value is -0.730. The van der Waals surface area contributed by atoms with Crippen molar-refractivity contribution in [2.45, 2.75) is 38.6 Å². The number of hydrogen-bond acceptors (Lipinski definition) is 2. The third-order valence-electron chi connectivity index (χ3n) is 3.72. The highest BCUT2D eigenvalue weighted by Crippen LogP contribution is 2.37. The van der Waals surface area contributed by atoms with Crippen LogP contribution < -0.4 is 10.1 Å². The second kappa shape index (κ2) is 4.87. The second-order valence-corrected chi connectivity index (χ2v) is 5.27. The highest BCUT2D eigenvalue weighted by atomic mass is 35.5. The molecule has 1 heterocycles. The van der Waals surface area contributed by atoms with Gasteiger partial charge in [-0.25, -0.2) is 0 Å². The summed E-state index contributed by atoms with van der Waals surface area (Å²) in [5.41, 5.74) is 2.72. The van der Waals surface area contributed by atoms with E-state index in [-0.39, 0.29) is 5.54 Å². The van der Waals surface area contributed by atoms with Crippen molar-refractivity contribution in [3.63, 3.8) is 0 Å². The normalized spacial score (nSPS) is 24.0. The minimum Gasteiger partial charge on any atom is -0.495 e. The minimum atomic E-state index is 0.0707. The standard InChI is InChI=1S/C14H20ClNO/c1-4-10-8-13(17-3)12(15)9-11(10)14(2)6-5-7-16-14/h8-9,16H,4-7H2,1-3H3. The lowest BCUT2D eigenvalue weighted by molar-refractivity contribution is 0.409. The van der Waals surface area contributed by atoms with Gasteiger partial charge in [0, 0.05) is 5.54 Å². The molecule has 3 heteroatoms. The van der Waals surface area contributed by atoms with Crippen molar-refractivity contribution in [3.05, 3.63) is 28.3 Å². The summed E-state index contributed by atoms with van der Waals surface area (Å²) in [6.45, 7) is 5.52. The Kier molecular flexibility index (Phi) is 3.64. The van der Waals surface area contributed by atoms with E-state index in [4.69, 9.17) is 16.3 Å². The molecule has 1 N–H and O–H groups in total. The van der Waals surface area contributed by atoms with Crippen molar-refractivity contribution in [3.8, 4) is 5.75 Å². The molecule has 17 heavy (non-hydrogen) atoms. The van der Waals surface area contributed by atoms with Crippen molar-refractivity contribution in [2.24, 2.45) is 0 Å². The Morgan fingerprint density at radius 1 is 1.47 bits per heavy atom. The molecular formula is C14H20ClNO. The third kappa shape index (κ3) is 2.29. The summed E-state index contributed by atoms with van der Waals surface area (Å²) in [6.07, 6.45) is 3.39. The smallest absolute Gasteiger partial charge is 0.137 e. The van der Waals surface area contributed by atoms with Gasteiger partial charge in [0.05, 0.1) is 12.1 Å². The van der Waals surface area contributed by atoms with Gasteiger partial charge in [0.1, 0.15) is 5.75 Å². The zero-order chi connectivity index (χ0) is 12.5. The number of hydrogen-bond donors (Lipinski definition) is 1. The Morgan fingerprint density at radius 3 is 2.76 bits per heavy atom. The van der Waals surface area contributed by atoms with Gasteiger partial charge in [-0.3, -0.25) is 0 Å². The van der Waals surface area contributed by atoms with Crippen molar-refractivity contribution in [1.82, 2.24) is 5.32 Å². The van der Waals surface area contributed by atoms with Gasteiger partial charge >= 0.3 is 0 Å². The lowest BCUT2D eigenvalue weighted by Gasteiger charge is -2.28. The van der Waals surface area contributed by atoms with Crippen LogP contribution in [0.1, 0.15) is 37.8 Å². The van der Waals surface area contributed by atoms with Crippen LogP contribution in [-0.2, 0) is 12.0 Å². The van der Waals surface area contributed by atoms with Crippen molar-refractivity contribution in [1.29, 1.82) is 0 Å². The summed E-state index contributed by atoms with van der Waals surface area (Å²) in [7, 11) is 1.66. The Labute approximate surface area is 108 Å². The quantitative estimate of drug-likeness (QED) is 0.890. The number of nitrogens with one attached hydrogen (secondary N) is 1. The van der Waals surface area contributed by atoms with E-state index in [1.165, 1.54) is 24.0 Å². The Bertz CT molecular complexity index is 411. The predicted molar refractivity (Wildman–Crippen MR) is 72.0 cm³/mol. The van der Waals surface area contributed by atoms with Gasteiger partial charge in [-0.05, 0) is 56.0 Å². The van der Waals surface area contributed by atoms with Crippen LogP contribution in [0.5, 0.6) is 5.75 Å². The van der Waals surface area contributed by atoms with E-state index in [2.05, 4.69) is 31.3 Å². The van der Waals surface area contributed by atoms with Crippen LogP contribution in [0.25, 0.3) is 0 Å². The highest BCUT2D eigenvalue weighted by molar-refractivity contribution is 6.32. The average molecular weight is 254 g/mol. The van der Waals surface area contributed by atoms with E-state index < -0.39 is 0 Å². The van der Waals surface area contributed by atoms with E-state index in [9.17, 15) is 0 Å². The summed E-state index contributed by atoms with van der Waals surface area (Å²) in [6, 6.07) is 4.14. The molecule has 1 atom stereocenters. The largest absolute Gasteiger partial charge is 0.495 e. The van der Waals surface area contributed by atoms with Gasteiger partial charge < -0.3 is 10.1 Å². The van der Waals surface area contributed by atoms with E-state index in [0.29, 0.717) is 5.02 Å². The molecule has 0 spiro atoms. The number of benzene rings is 1. The molecule has 0 bridgehead atoms. The molecular weight excluding hydrogens is 234 g/mol. The van der Waals surface area contributed by atoms with Crippen LogP contribution in [-0.4, -0.2) is 13.7 Å². The van der Waals surface area contributed by atoms with E-state index in [1.807, 2.05) is 0 Å². The molecule has 0 aromatic heterocycles. The van der Waals surface area contributed by atoms with Crippen LogP contribution in [0.2, 0.25) is 5.02 Å². The third-order valence-corrected chi connectivity index (χ3v) is 4.02. The van der Waals surface area contributed by atoms with E-state index in [1.54, 1.807) is 7.11 Å². The first-order valence-corrected chi connectivity index (χ1v) is 6.60. The van der Waals surface area contributed by atoms with Crippen molar-refractivity contribution >= 4 is 11.6 Å². The van der Waals surface area contributed by atoms with Crippen LogP contribution in [0, 0.1) is 0 Å². The minimum absolute atomic E-state index is 0.0707. The molecule has 94 valence electrons. The molecule has 0 aliphatic carbocycles. The van der Waals surface area contributed by atoms with Gasteiger partial charge in [0.2, 0.25) is 0 Å². The number of aryl methyl sites for hydroxylation is 1. The summed E-state index contributed by atoms with van der Waals surface area (Å²) in [4.78, 5) is 0. The Balaban J connectivity index is 2.49. The lowest BCUT2D eigenvalue weighted by Crippen LogP contribution is -2.34. The molecule has 1 unspecified atom stereocenters. The van der Waals surface area contributed by atoms with Crippen LogP contribution in [0.15, 0.2) is 12.1 Å². The maximum atomic E-state index is 6.25. The first-order valence-electron chi connectivity index (χ1n) is 6.22. The molecule has 0 saturated carbocycles. The van der Waals surface area contributed by atoms with Crippen LogP contribution in [0.4, 0.5) is 0 Å². The molecule has 2 nitrogen and oxygen atoms in total. The molecule has 0 radical (unpaired) electrons. The molecule has 1 saturated heterocycles. The molecule has 1 fully saturated rings. The average Bonchev–Trinajstić information content (AvgIpc) is 2.77. The van der Waals surface area contributed by atoms with E-state index in [0.717, 1.165) is 18.7 Å². The van der Waals surface area contributed by atoms with Gasteiger partial charge in [-0.2, -0.15) is 0 Å². The fourth-order valence-electron chi connectivity index (χ4n) is 2.68. The van der Waals surface area contributed by atoms with Gasteiger partial charge in [-0.15, -0.1) is 0 Å². The number of halogens is 1. The summed E-state index contributed by atoms with van der Waals surface area (Å²) in [5.74, 6) is 0.772. The predicted octanol–water partition coefficient (Wildman–Crippen LogP) is 3.51. The summed E-state index contributed by atoms with van der Waals surface area (Å²) >= 11 is 6.25. The van der Waals surface area contributed by atoms with Crippen LogP contribution in [0.3, 0.4) is 0 Å². The lowest BCUT2D eigenvalue weighted by atomic mass is 9.86. The van der Waals surface area contributed by atoms with Crippen LogP contribution >= 0.6 is 11.6 Å². The maximum Gasteiger partial charge on any atom is 0.137 e. The molecule has 1 aliphatic rings. The number of methoxy groups -OCH3 is 1. The zero-order valence-corrected chi connectivity index (χ0v) is 11.5. The van der Waals surface area contributed by atoms with Crippen molar-refractivity contribution in [2.75, 3.05) is 13.7 Å². The first kappa shape index (κ1) is 12.7. The maximum absolute atomic E-state index is 6.25. The molecule has 2 rings (SSSR count). The summed E-state index contributed by atoms with van der Waals surface area (Å²) < 4.78 is 5.29. The second-order valence-electron chi connectivity index (χ2n) is 4.86. The topological polar surface area (TPSA) is 21.3 Å². The van der Waals surface area contributed by atoms with Gasteiger partial charge in [-0.1, -0.05) is 18.5 Å². The molecule has 1 aromatic carbocycles. The SMILES string of the molecule is CCc1cc(OC)c(Cl)cc1C1(C)CCCN1. The van der Waals surface area contributed by atoms with Crippen molar-refractivity contribution < 1.29 is 4.74 Å². The zero-order valence-electron chi connectivity index (χ0n) is 10.8. The van der Waals surface area contributed by atoms with Gasteiger partial charge in [0.15, 0.2) is 0 Å². The highest BCUT2D eigenvalue weighted by Gasteiger charge is 2.32. The molecule has 1 aliphatic heterocycles. The molecule has 0 amide bonds. The Morgan fingerprint density at radius 2 is 2.24 bits per heavy atom.